The Hall–Kier alpha value is -1.43. The zero-order valence-electron chi connectivity index (χ0n) is 8.85. The Balaban J connectivity index is 2.46. The zero-order chi connectivity index (χ0) is 12.4. The first-order valence-corrected chi connectivity index (χ1v) is 5.35. The van der Waals surface area contributed by atoms with Gasteiger partial charge in [0, 0.05) is 5.69 Å². The summed E-state index contributed by atoms with van der Waals surface area (Å²) < 4.78 is 15.0. The highest BCUT2D eigenvalue weighted by atomic mass is 35.5. The van der Waals surface area contributed by atoms with Crippen molar-refractivity contribution in [2.75, 3.05) is 6.61 Å². The Morgan fingerprint density at radius 1 is 1.53 bits per heavy atom. The highest BCUT2D eigenvalue weighted by Gasteiger charge is 2.12. The molecule has 1 unspecified atom stereocenters. The van der Waals surface area contributed by atoms with Gasteiger partial charge < -0.3 is 15.4 Å². The molecule has 90 valence electrons. The fourth-order valence-electron chi connectivity index (χ4n) is 1.52. The maximum absolute atomic E-state index is 13.3. The molecule has 0 amide bonds. The van der Waals surface area contributed by atoms with Gasteiger partial charge in [0.05, 0.1) is 35.9 Å². The van der Waals surface area contributed by atoms with Gasteiger partial charge in [-0.3, -0.25) is 0 Å². The number of aliphatic hydroxyl groups is 1. The van der Waals surface area contributed by atoms with Crippen LogP contribution in [-0.2, 0) is 0 Å². The number of hydrogen-bond acceptors (Lipinski definition) is 3. The number of halogens is 2. The van der Waals surface area contributed by atoms with Gasteiger partial charge in [-0.15, -0.1) is 0 Å². The van der Waals surface area contributed by atoms with Crippen LogP contribution in [0.5, 0.6) is 0 Å². The second-order valence-corrected chi connectivity index (χ2v) is 3.98. The monoisotopic (exact) mass is 255 g/mol. The number of imidazole rings is 1. The van der Waals surface area contributed by atoms with Crippen molar-refractivity contribution in [3.8, 4) is 5.69 Å². The van der Waals surface area contributed by atoms with E-state index in [0.717, 1.165) is 0 Å². The maximum Gasteiger partial charge on any atom is 0.143 e. The van der Waals surface area contributed by atoms with E-state index in [-0.39, 0.29) is 11.6 Å². The minimum absolute atomic E-state index is 0.0573. The molecule has 0 radical (unpaired) electrons. The predicted octanol–water partition coefficient (Wildman–Crippen LogP) is 1.66. The fourth-order valence-corrected chi connectivity index (χ4v) is 1.64. The van der Waals surface area contributed by atoms with Crippen LogP contribution in [0.1, 0.15) is 11.7 Å². The van der Waals surface area contributed by atoms with Crippen molar-refractivity contribution in [1.82, 2.24) is 9.55 Å². The Morgan fingerprint density at radius 3 is 2.94 bits per heavy atom. The van der Waals surface area contributed by atoms with Crippen molar-refractivity contribution in [3.05, 3.63) is 47.3 Å². The van der Waals surface area contributed by atoms with Gasteiger partial charge in [-0.25, -0.2) is 9.37 Å². The number of rotatable bonds is 3. The Bertz CT molecular complexity index is 529. The predicted molar refractivity (Wildman–Crippen MR) is 62.5 cm³/mol. The first-order chi connectivity index (χ1) is 8.13. The van der Waals surface area contributed by atoms with Gasteiger partial charge in [0.2, 0.25) is 0 Å². The van der Waals surface area contributed by atoms with Crippen LogP contribution in [0.15, 0.2) is 30.7 Å². The van der Waals surface area contributed by atoms with E-state index in [2.05, 4.69) is 4.98 Å². The molecular weight excluding hydrogens is 245 g/mol. The lowest BCUT2D eigenvalue weighted by molar-refractivity contribution is 0.265. The molecule has 1 atom stereocenters. The summed E-state index contributed by atoms with van der Waals surface area (Å²) in [5.41, 5.74) is 6.88. The van der Waals surface area contributed by atoms with Crippen LogP contribution in [-0.4, -0.2) is 21.3 Å². The van der Waals surface area contributed by atoms with E-state index >= 15 is 0 Å². The molecule has 0 fully saturated rings. The zero-order valence-corrected chi connectivity index (χ0v) is 9.60. The van der Waals surface area contributed by atoms with Gasteiger partial charge in [0.25, 0.3) is 0 Å². The van der Waals surface area contributed by atoms with E-state index in [1.54, 1.807) is 10.6 Å². The van der Waals surface area contributed by atoms with Gasteiger partial charge in [0.15, 0.2) is 0 Å². The summed E-state index contributed by atoms with van der Waals surface area (Å²) in [5.74, 6) is -0.513. The van der Waals surface area contributed by atoms with E-state index in [0.29, 0.717) is 11.4 Å². The summed E-state index contributed by atoms with van der Waals surface area (Å²) in [4.78, 5) is 3.94. The van der Waals surface area contributed by atoms with Gasteiger partial charge in [-0.1, -0.05) is 11.6 Å². The molecule has 0 aliphatic heterocycles. The molecule has 0 aliphatic carbocycles. The second-order valence-electron chi connectivity index (χ2n) is 3.58. The van der Waals surface area contributed by atoms with Crippen LogP contribution in [0, 0.1) is 5.82 Å². The number of benzene rings is 1. The summed E-state index contributed by atoms with van der Waals surface area (Å²) >= 11 is 5.61. The Kier molecular flexibility index (Phi) is 3.42. The fraction of sp³-hybridized carbons (Fsp3) is 0.182. The first-order valence-electron chi connectivity index (χ1n) is 4.97. The summed E-state index contributed by atoms with van der Waals surface area (Å²) in [6.45, 7) is -0.207. The number of aromatic nitrogens is 2. The molecule has 2 rings (SSSR count). The molecule has 0 bridgehead atoms. The van der Waals surface area contributed by atoms with Crippen molar-refractivity contribution in [2.24, 2.45) is 5.73 Å². The molecule has 4 nitrogen and oxygen atoms in total. The van der Waals surface area contributed by atoms with E-state index < -0.39 is 11.9 Å². The molecule has 2 aromatic rings. The third kappa shape index (κ3) is 2.31. The molecule has 1 aromatic carbocycles. The smallest absolute Gasteiger partial charge is 0.143 e. The summed E-state index contributed by atoms with van der Waals surface area (Å²) in [6, 6.07) is 3.84. The molecule has 17 heavy (non-hydrogen) atoms. The molecule has 1 heterocycles. The van der Waals surface area contributed by atoms with Crippen molar-refractivity contribution in [3.63, 3.8) is 0 Å². The Morgan fingerprint density at radius 2 is 2.29 bits per heavy atom. The summed E-state index contributed by atoms with van der Waals surface area (Å²) in [5, 5.41) is 9.07. The molecule has 0 saturated heterocycles. The average Bonchev–Trinajstić information content (AvgIpc) is 2.80. The van der Waals surface area contributed by atoms with Crippen LogP contribution in [0.25, 0.3) is 5.69 Å². The molecule has 1 aromatic heterocycles. The third-order valence-electron chi connectivity index (χ3n) is 2.43. The number of nitrogens with two attached hydrogens (primary N) is 1. The van der Waals surface area contributed by atoms with Crippen molar-refractivity contribution in [1.29, 1.82) is 0 Å². The average molecular weight is 256 g/mol. The van der Waals surface area contributed by atoms with Crippen LogP contribution in [0.3, 0.4) is 0 Å². The van der Waals surface area contributed by atoms with E-state index in [9.17, 15) is 4.39 Å². The van der Waals surface area contributed by atoms with Crippen LogP contribution >= 0.6 is 11.6 Å². The van der Waals surface area contributed by atoms with Crippen LogP contribution in [0.4, 0.5) is 4.39 Å². The maximum atomic E-state index is 13.3. The van der Waals surface area contributed by atoms with Crippen molar-refractivity contribution >= 4 is 11.6 Å². The first kappa shape index (κ1) is 12.0. The topological polar surface area (TPSA) is 64.1 Å². The molecular formula is C11H11ClFN3O. The van der Waals surface area contributed by atoms with E-state index in [1.165, 1.54) is 24.7 Å². The number of hydrogen-bond donors (Lipinski definition) is 2. The van der Waals surface area contributed by atoms with Gasteiger partial charge in [-0.2, -0.15) is 0 Å². The van der Waals surface area contributed by atoms with E-state index in [4.69, 9.17) is 22.4 Å². The molecule has 6 heteroatoms. The largest absolute Gasteiger partial charge is 0.394 e. The highest BCUT2D eigenvalue weighted by molar-refractivity contribution is 6.30. The minimum Gasteiger partial charge on any atom is -0.394 e. The molecule has 3 N–H and O–H groups in total. The van der Waals surface area contributed by atoms with Gasteiger partial charge >= 0.3 is 0 Å². The lowest BCUT2D eigenvalue weighted by Gasteiger charge is -2.12. The minimum atomic E-state index is -0.559. The number of nitrogens with zero attached hydrogens (tertiary/aromatic N) is 2. The number of aliphatic hydroxyl groups excluding tert-OH is 1. The summed E-state index contributed by atoms with van der Waals surface area (Å²) in [6.07, 6.45) is 3.04. The molecule has 0 saturated carbocycles. The molecule has 0 aliphatic rings. The lowest BCUT2D eigenvalue weighted by atomic mass is 10.2. The van der Waals surface area contributed by atoms with Gasteiger partial charge in [-0.05, 0) is 18.2 Å². The Labute approximate surface area is 102 Å². The van der Waals surface area contributed by atoms with Crippen molar-refractivity contribution in [2.45, 2.75) is 6.04 Å². The van der Waals surface area contributed by atoms with Crippen LogP contribution < -0.4 is 5.73 Å². The molecule has 0 spiro atoms. The SMILES string of the molecule is NC(CO)c1cncn1-c1ccc(Cl)c(F)c1. The normalized spacial score (nSPS) is 12.7. The summed E-state index contributed by atoms with van der Waals surface area (Å²) in [7, 11) is 0. The highest BCUT2D eigenvalue weighted by Crippen LogP contribution is 2.21. The standard InChI is InChI=1S/C11H11ClFN3O/c12-8-2-1-7(3-9(8)13)16-6-15-4-11(16)10(14)5-17/h1-4,6,10,17H,5,14H2. The van der Waals surface area contributed by atoms with Crippen molar-refractivity contribution < 1.29 is 9.50 Å². The quantitative estimate of drug-likeness (QED) is 0.877. The lowest BCUT2D eigenvalue weighted by Crippen LogP contribution is -2.18. The second kappa shape index (κ2) is 4.83. The third-order valence-corrected chi connectivity index (χ3v) is 2.73. The van der Waals surface area contributed by atoms with E-state index in [1.807, 2.05) is 0 Å². The van der Waals surface area contributed by atoms with Crippen LogP contribution in [0.2, 0.25) is 5.02 Å². The van der Waals surface area contributed by atoms with Gasteiger partial charge in [0.1, 0.15) is 5.82 Å².